The first-order chi connectivity index (χ1) is 15.2. The number of hydrogen-bond acceptors (Lipinski definition) is 3. The highest BCUT2D eigenvalue weighted by atomic mass is 28.3. The minimum Gasteiger partial charge on any atom is -0.400 e. The topological polar surface area (TPSA) is 27.7 Å². The molecule has 0 radical (unpaired) electrons. The molecule has 21 heteroatoms. The van der Waals surface area contributed by atoms with Gasteiger partial charge >= 0.3 is 56.9 Å². The molecule has 0 saturated carbocycles. The molecular weight excluding hydrogens is 567 g/mol. The summed E-state index contributed by atoms with van der Waals surface area (Å²) in [7, 11) is 1.45. The molecule has 0 rings (SSSR count). The van der Waals surface area contributed by atoms with E-state index in [-0.39, 0.29) is 0 Å². The van der Waals surface area contributed by atoms with Gasteiger partial charge in [-0.25, -0.2) is 0 Å². The van der Waals surface area contributed by atoms with Crippen LogP contribution in [0.25, 0.3) is 0 Å². The molecule has 0 fully saturated rings. The van der Waals surface area contributed by atoms with Gasteiger partial charge in [0.05, 0.1) is 0 Å². The third kappa shape index (κ3) is 6.08. The summed E-state index contributed by atoms with van der Waals surface area (Å²) in [5.74, 6) is -56.1. The number of halogens is 17. The van der Waals surface area contributed by atoms with Gasteiger partial charge in [0.15, 0.2) is 0 Å². The molecule has 0 unspecified atom stereocenters. The van der Waals surface area contributed by atoms with Gasteiger partial charge in [-0.05, 0) is 6.04 Å². The van der Waals surface area contributed by atoms with Crippen LogP contribution in [0.5, 0.6) is 0 Å². The Morgan fingerprint density at radius 3 is 0.971 bits per heavy atom. The quantitative estimate of drug-likeness (QED) is 0.215. The zero-order chi connectivity index (χ0) is 29.1. The van der Waals surface area contributed by atoms with Crippen LogP contribution in [-0.4, -0.2) is 85.4 Å². The van der Waals surface area contributed by atoms with Crippen molar-refractivity contribution in [3.8, 4) is 0 Å². The highest BCUT2D eigenvalue weighted by Gasteiger charge is 2.95. The maximum atomic E-state index is 13.6. The van der Waals surface area contributed by atoms with E-state index in [1.807, 2.05) is 0 Å². The molecule has 0 amide bonds. The maximum absolute atomic E-state index is 13.6. The number of rotatable bonds is 11. The third-order valence-electron chi connectivity index (χ3n) is 4.01. The van der Waals surface area contributed by atoms with Crippen molar-refractivity contribution in [1.82, 2.24) is 0 Å². The molecule has 214 valence electrons. The highest BCUT2D eigenvalue weighted by molar-refractivity contribution is 6.44. The number of hydrogen-bond donors (Lipinski definition) is 0. The molecule has 0 bridgehead atoms. The van der Waals surface area contributed by atoms with Gasteiger partial charge in [-0.3, -0.25) is 0 Å². The zero-order valence-electron chi connectivity index (χ0n) is 17.6. The molecule has 0 N–H and O–H groups in total. The lowest BCUT2D eigenvalue weighted by Gasteiger charge is -2.42. The summed E-state index contributed by atoms with van der Waals surface area (Å²) in [5, 5.41) is 0. The molecule has 35 heavy (non-hydrogen) atoms. The van der Waals surface area contributed by atoms with E-state index in [0.29, 0.717) is 0 Å². The predicted octanol–water partition coefficient (Wildman–Crippen LogP) is 6.16. The fourth-order valence-corrected chi connectivity index (χ4v) is 3.25. The summed E-state index contributed by atoms with van der Waals surface area (Å²) >= 11 is 0. The van der Waals surface area contributed by atoms with Gasteiger partial charge in [-0.15, -0.1) is 0 Å². The Kier molecular flexibility index (Phi) is 11.5. The molecule has 0 aromatic rings. The lowest BCUT2D eigenvalue weighted by Crippen LogP contribution is -2.74. The Morgan fingerprint density at radius 2 is 0.714 bits per heavy atom. The van der Waals surface area contributed by atoms with E-state index in [4.69, 9.17) is 0 Å². The van der Waals surface area contributed by atoms with Crippen molar-refractivity contribution in [2.24, 2.45) is 0 Å². The Balaban J connectivity index is 0. The smallest absolute Gasteiger partial charge is 0.400 e. The van der Waals surface area contributed by atoms with Crippen LogP contribution in [-0.2, 0) is 13.6 Å². The van der Waals surface area contributed by atoms with Crippen molar-refractivity contribution >= 4 is 9.28 Å². The Morgan fingerprint density at radius 1 is 0.457 bits per heavy atom. The van der Waals surface area contributed by atoms with Crippen molar-refractivity contribution in [2.45, 2.75) is 60.1 Å². The zero-order valence-corrected chi connectivity index (χ0v) is 18.8. The van der Waals surface area contributed by atoms with Crippen LogP contribution in [0.1, 0.15) is 6.42 Å². The first kappa shape index (κ1) is 36.1. The van der Waals surface area contributed by atoms with Gasteiger partial charge in [0.1, 0.15) is 0 Å². The SMILES string of the molecule is COC.CO[SiH](CCC(F)(F)C(F)(F)C(F)(F)C(F)(F)C(F)(F)C(F)(F)C(F)(F)C(F)(F)F)OC. The molecule has 0 saturated heterocycles. The molecule has 0 aromatic carbocycles. The molecule has 0 heterocycles. The van der Waals surface area contributed by atoms with Crippen molar-refractivity contribution in [2.75, 3.05) is 28.4 Å². The van der Waals surface area contributed by atoms with Crippen molar-refractivity contribution in [3.63, 3.8) is 0 Å². The highest BCUT2D eigenvalue weighted by Crippen LogP contribution is 2.64. The molecular formula is C14H17F17O3Si. The van der Waals surface area contributed by atoms with Crippen LogP contribution in [0.2, 0.25) is 6.04 Å². The van der Waals surface area contributed by atoms with Crippen LogP contribution >= 0.6 is 0 Å². The fraction of sp³-hybridized carbons (Fsp3) is 1.00. The Bertz CT molecular complexity index is 661. The average Bonchev–Trinajstić information content (AvgIpc) is 2.67. The van der Waals surface area contributed by atoms with Crippen LogP contribution in [0.4, 0.5) is 74.6 Å². The van der Waals surface area contributed by atoms with E-state index in [2.05, 4.69) is 13.6 Å². The Hall–Kier alpha value is -1.09. The summed E-state index contributed by atoms with van der Waals surface area (Å²) < 4.78 is 235. The van der Waals surface area contributed by atoms with Gasteiger partial charge in [0.2, 0.25) is 0 Å². The second-order valence-electron chi connectivity index (χ2n) is 6.50. The molecule has 0 atom stereocenters. The van der Waals surface area contributed by atoms with Gasteiger partial charge in [-0.2, -0.15) is 74.6 Å². The monoisotopic (exact) mass is 584 g/mol. The average molecular weight is 584 g/mol. The third-order valence-corrected chi connectivity index (χ3v) is 5.82. The first-order valence-corrected chi connectivity index (χ1v) is 10.1. The molecule has 0 spiro atoms. The lowest BCUT2D eigenvalue weighted by molar-refractivity contribution is -0.461. The summed E-state index contributed by atoms with van der Waals surface area (Å²) in [6.07, 6.45) is -10.3. The number of ether oxygens (including phenoxy) is 1. The van der Waals surface area contributed by atoms with Gasteiger partial charge in [-0.1, -0.05) is 0 Å². The number of methoxy groups -OCH3 is 1. The van der Waals surface area contributed by atoms with E-state index in [1.165, 1.54) is 0 Å². The standard InChI is InChI=1S/C12H11F17O2Si.C2H6O/c1-30-32(31-2)4-3-5(13,14)6(15,16)7(17,18)8(19,20)9(21,22)10(23,24)11(25,26)12(27,28)29;1-3-2/h32H,3-4H2,1-2H3;1-2H3. The molecule has 0 aliphatic rings. The lowest BCUT2D eigenvalue weighted by atomic mass is 9.88. The summed E-state index contributed by atoms with van der Waals surface area (Å²) in [5.41, 5.74) is 0. The van der Waals surface area contributed by atoms with Crippen LogP contribution in [0.3, 0.4) is 0 Å². The second-order valence-corrected chi connectivity index (χ2v) is 8.88. The molecule has 0 aromatic heterocycles. The summed E-state index contributed by atoms with van der Waals surface area (Å²) in [6, 6.07) is -1.37. The summed E-state index contributed by atoms with van der Waals surface area (Å²) in [4.78, 5) is 0. The van der Waals surface area contributed by atoms with Crippen molar-refractivity contribution in [3.05, 3.63) is 0 Å². The maximum Gasteiger partial charge on any atom is 0.460 e. The number of alkyl halides is 17. The molecule has 0 aliphatic heterocycles. The predicted molar refractivity (Wildman–Crippen MR) is 84.2 cm³/mol. The van der Waals surface area contributed by atoms with E-state index >= 15 is 0 Å². The summed E-state index contributed by atoms with van der Waals surface area (Å²) in [6.45, 7) is 0. The molecule has 3 nitrogen and oxygen atoms in total. The van der Waals surface area contributed by atoms with Gasteiger partial charge < -0.3 is 13.6 Å². The van der Waals surface area contributed by atoms with Crippen LogP contribution < -0.4 is 0 Å². The normalized spacial score (nSPS) is 15.3. The minimum absolute atomic E-state index is 0.753. The van der Waals surface area contributed by atoms with E-state index in [1.54, 1.807) is 14.2 Å². The molecule has 0 aliphatic carbocycles. The van der Waals surface area contributed by atoms with Crippen LogP contribution in [0, 0.1) is 0 Å². The second kappa shape index (κ2) is 11.1. The van der Waals surface area contributed by atoms with E-state index in [9.17, 15) is 74.6 Å². The Labute approximate surface area is 187 Å². The van der Waals surface area contributed by atoms with Gasteiger partial charge in [0, 0.05) is 34.9 Å². The van der Waals surface area contributed by atoms with E-state index in [0.717, 1.165) is 14.2 Å². The van der Waals surface area contributed by atoms with Crippen molar-refractivity contribution in [1.29, 1.82) is 0 Å². The van der Waals surface area contributed by atoms with Crippen LogP contribution in [0.15, 0.2) is 0 Å². The van der Waals surface area contributed by atoms with Crippen molar-refractivity contribution < 1.29 is 88.2 Å². The largest absolute Gasteiger partial charge is 0.460 e. The first-order valence-electron chi connectivity index (χ1n) is 8.33. The fourth-order valence-electron chi connectivity index (χ4n) is 1.98. The van der Waals surface area contributed by atoms with E-state index < -0.39 is 69.4 Å². The minimum atomic E-state index is -8.61. The van der Waals surface area contributed by atoms with Gasteiger partial charge in [0.25, 0.3) is 0 Å².